The maximum atomic E-state index is 12.2. The van der Waals surface area contributed by atoms with Gasteiger partial charge in [0, 0.05) is 17.6 Å². The van der Waals surface area contributed by atoms with Gasteiger partial charge in [0.25, 0.3) is 5.91 Å². The SMILES string of the molecule is Cc1cccc(C(C)(C)CNC(=O)c2ccccc2N)c1. The predicted molar refractivity (Wildman–Crippen MR) is 87.4 cm³/mol. The van der Waals surface area contributed by atoms with E-state index in [2.05, 4.69) is 44.3 Å². The van der Waals surface area contributed by atoms with Crippen LogP contribution in [0.15, 0.2) is 48.5 Å². The number of nitrogens with one attached hydrogen (secondary N) is 1. The third-order valence-corrected chi connectivity index (χ3v) is 3.70. The lowest BCUT2D eigenvalue weighted by atomic mass is 9.84. The van der Waals surface area contributed by atoms with Crippen LogP contribution in [0.1, 0.15) is 35.3 Å². The van der Waals surface area contributed by atoms with Crippen LogP contribution in [0.5, 0.6) is 0 Å². The molecule has 2 rings (SSSR count). The number of anilines is 1. The molecule has 3 nitrogen and oxygen atoms in total. The predicted octanol–water partition coefficient (Wildman–Crippen LogP) is 3.28. The van der Waals surface area contributed by atoms with Gasteiger partial charge in [-0.05, 0) is 24.6 Å². The molecule has 0 saturated heterocycles. The van der Waals surface area contributed by atoms with E-state index >= 15 is 0 Å². The number of carbonyl (C=O) groups is 1. The highest BCUT2D eigenvalue weighted by Crippen LogP contribution is 2.23. The molecular formula is C18H22N2O. The average Bonchev–Trinajstić information content (AvgIpc) is 2.45. The largest absolute Gasteiger partial charge is 0.398 e. The van der Waals surface area contributed by atoms with Crippen molar-refractivity contribution in [1.29, 1.82) is 0 Å². The Morgan fingerprint density at radius 2 is 1.86 bits per heavy atom. The molecule has 0 atom stereocenters. The van der Waals surface area contributed by atoms with E-state index in [-0.39, 0.29) is 11.3 Å². The fourth-order valence-electron chi connectivity index (χ4n) is 2.27. The normalized spacial score (nSPS) is 11.2. The zero-order chi connectivity index (χ0) is 15.5. The minimum absolute atomic E-state index is 0.131. The van der Waals surface area contributed by atoms with Gasteiger partial charge in [-0.2, -0.15) is 0 Å². The van der Waals surface area contributed by atoms with Crippen LogP contribution in [0.25, 0.3) is 0 Å². The number of nitrogens with two attached hydrogens (primary N) is 1. The molecule has 0 saturated carbocycles. The fraction of sp³-hybridized carbons (Fsp3) is 0.278. The van der Waals surface area contributed by atoms with E-state index < -0.39 is 0 Å². The van der Waals surface area contributed by atoms with Crippen LogP contribution in [0.3, 0.4) is 0 Å². The Kier molecular flexibility index (Phi) is 4.32. The zero-order valence-corrected chi connectivity index (χ0v) is 12.8. The Bertz CT molecular complexity index is 647. The minimum atomic E-state index is -0.134. The van der Waals surface area contributed by atoms with Crippen LogP contribution in [0, 0.1) is 6.92 Å². The number of benzene rings is 2. The lowest BCUT2D eigenvalue weighted by molar-refractivity contribution is 0.0946. The summed E-state index contributed by atoms with van der Waals surface area (Å²) in [5, 5.41) is 2.98. The van der Waals surface area contributed by atoms with Gasteiger partial charge in [0.05, 0.1) is 5.56 Å². The van der Waals surface area contributed by atoms with Gasteiger partial charge in [-0.15, -0.1) is 0 Å². The van der Waals surface area contributed by atoms with Crippen molar-refractivity contribution in [3.8, 4) is 0 Å². The summed E-state index contributed by atoms with van der Waals surface area (Å²) in [5.74, 6) is -0.131. The molecule has 0 unspecified atom stereocenters. The van der Waals surface area contributed by atoms with Crippen LogP contribution < -0.4 is 11.1 Å². The number of aryl methyl sites for hydroxylation is 1. The molecule has 0 fully saturated rings. The number of hydrogen-bond donors (Lipinski definition) is 2. The number of hydrogen-bond acceptors (Lipinski definition) is 2. The van der Waals surface area contributed by atoms with E-state index in [1.54, 1.807) is 12.1 Å². The Morgan fingerprint density at radius 3 is 2.52 bits per heavy atom. The van der Waals surface area contributed by atoms with Gasteiger partial charge in [-0.25, -0.2) is 0 Å². The summed E-state index contributed by atoms with van der Waals surface area (Å²) < 4.78 is 0. The molecule has 21 heavy (non-hydrogen) atoms. The molecule has 3 heteroatoms. The van der Waals surface area contributed by atoms with Crippen molar-refractivity contribution >= 4 is 11.6 Å². The van der Waals surface area contributed by atoms with E-state index in [9.17, 15) is 4.79 Å². The summed E-state index contributed by atoms with van der Waals surface area (Å²) in [6, 6.07) is 15.5. The van der Waals surface area contributed by atoms with Gasteiger partial charge in [0.2, 0.25) is 0 Å². The number of amides is 1. The monoisotopic (exact) mass is 282 g/mol. The van der Waals surface area contributed by atoms with Crippen LogP contribution in [-0.4, -0.2) is 12.5 Å². The molecule has 3 N–H and O–H groups in total. The molecule has 1 amide bonds. The summed E-state index contributed by atoms with van der Waals surface area (Å²) in [6.07, 6.45) is 0. The Balaban J connectivity index is 2.08. The van der Waals surface area contributed by atoms with Gasteiger partial charge in [0.15, 0.2) is 0 Å². The first-order chi connectivity index (χ1) is 9.90. The summed E-state index contributed by atoms with van der Waals surface area (Å²) >= 11 is 0. The van der Waals surface area contributed by atoms with E-state index in [0.717, 1.165) is 0 Å². The molecule has 0 aliphatic heterocycles. The highest BCUT2D eigenvalue weighted by Gasteiger charge is 2.22. The molecule has 110 valence electrons. The van der Waals surface area contributed by atoms with Gasteiger partial charge < -0.3 is 11.1 Å². The van der Waals surface area contributed by atoms with Crippen molar-refractivity contribution in [2.75, 3.05) is 12.3 Å². The van der Waals surface area contributed by atoms with Crippen molar-refractivity contribution in [1.82, 2.24) is 5.32 Å². The molecule has 0 heterocycles. The van der Waals surface area contributed by atoms with Crippen molar-refractivity contribution in [3.63, 3.8) is 0 Å². The number of para-hydroxylation sites is 1. The quantitative estimate of drug-likeness (QED) is 0.845. The molecule has 2 aromatic carbocycles. The van der Waals surface area contributed by atoms with Gasteiger partial charge in [-0.1, -0.05) is 55.8 Å². The standard InChI is InChI=1S/C18H22N2O/c1-13-7-6-8-14(11-13)18(2,3)12-20-17(21)15-9-4-5-10-16(15)19/h4-11H,12,19H2,1-3H3,(H,20,21). The van der Waals surface area contributed by atoms with Crippen molar-refractivity contribution < 1.29 is 4.79 Å². The van der Waals surface area contributed by atoms with E-state index in [1.165, 1.54) is 11.1 Å². The molecule has 0 bridgehead atoms. The first-order valence-electron chi connectivity index (χ1n) is 7.10. The first kappa shape index (κ1) is 15.1. The second-order valence-corrected chi connectivity index (χ2v) is 6.02. The Hall–Kier alpha value is -2.29. The fourth-order valence-corrected chi connectivity index (χ4v) is 2.27. The first-order valence-corrected chi connectivity index (χ1v) is 7.10. The highest BCUT2D eigenvalue weighted by molar-refractivity contribution is 5.99. The smallest absolute Gasteiger partial charge is 0.253 e. The Morgan fingerprint density at radius 1 is 1.14 bits per heavy atom. The minimum Gasteiger partial charge on any atom is -0.398 e. The van der Waals surface area contributed by atoms with Crippen LogP contribution >= 0.6 is 0 Å². The molecule has 0 radical (unpaired) electrons. The molecule has 0 aliphatic rings. The van der Waals surface area contributed by atoms with E-state index in [0.29, 0.717) is 17.8 Å². The average molecular weight is 282 g/mol. The highest BCUT2D eigenvalue weighted by atomic mass is 16.1. The van der Waals surface area contributed by atoms with Crippen molar-refractivity contribution in [2.24, 2.45) is 0 Å². The second kappa shape index (κ2) is 6.00. The topological polar surface area (TPSA) is 55.1 Å². The van der Waals surface area contributed by atoms with Crippen LogP contribution in [-0.2, 0) is 5.41 Å². The molecule has 0 spiro atoms. The van der Waals surface area contributed by atoms with Crippen molar-refractivity contribution in [3.05, 3.63) is 65.2 Å². The lowest BCUT2D eigenvalue weighted by Gasteiger charge is -2.26. The van der Waals surface area contributed by atoms with E-state index in [1.807, 2.05) is 18.2 Å². The third-order valence-electron chi connectivity index (χ3n) is 3.70. The summed E-state index contributed by atoms with van der Waals surface area (Å²) in [5.41, 5.74) is 9.16. The number of rotatable bonds is 4. The molecular weight excluding hydrogens is 260 g/mol. The summed E-state index contributed by atoms with van der Waals surface area (Å²) in [7, 11) is 0. The van der Waals surface area contributed by atoms with Crippen LogP contribution in [0.4, 0.5) is 5.69 Å². The Labute approximate surface area is 126 Å². The van der Waals surface area contributed by atoms with E-state index in [4.69, 9.17) is 5.73 Å². The molecule has 2 aromatic rings. The number of carbonyl (C=O) groups excluding carboxylic acids is 1. The number of nitrogen functional groups attached to an aromatic ring is 1. The second-order valence-electron chi connectivity index (χ2n) is 6.02. The van der Waals surface area contributed by atoms with Gasteiger partial charge in [-0.3, -0.25) is 4.79 Å². The summed E-state index contributed by atoms with van der Waals surface area (Å²) in [6.45, 7) is 6.87. The summed E-state index contributed by atoms with van der Waals surface area (Å²) in [4.78, 5) is 12.2. The third kappa shape index (κ3) is 3.63. The maximum absolute atomic E-state index is 12.2. The molecule has 0 aromatic heterocycles. The zero-order valence-electron chi connectivity index (χ0n) is 12.8. The van der Waals surface area contributed by atoms with Crippen LogP contribution in [0.2, 0.25) is 0 Å². The maximum Gasteiger partial charge on any atom is 0.253 e. The molecule has 0 aliphatic carbocycles. The van der Waals surface area contributed by atoms with Gasteiger partial charge >= 0.3 is 0 Å². The van der Waals surface area contributed by atoms with Gasteiger partial charge in [0.1, 0.15) is 0 Å². The van der Waals surface area contributed by atoms with Crippen molar-refractivity contribution in [2.45, 2.75) is 26.2 Å². The lowest BCUT2D eigenvalue weighted by Crippen LogP contribution is -2.37.